The number of hydrazine groups is 1. The standard InChI is InChI=1S/C13H10BrF3N2O2/c1-6-7(2)12(21)19(11(6)20)18-8-3-4-10(14)9(5-8)13(15,16)17/h3-5,18H,1-2H3. The monoisotopic (exact) mass is 362 g/mol. The number of alkyl halides is 3. The Kier molecular flexibility index (Phi) is 3.83. The highest BCUT2D eigenvalue weighted by Gasteiger charge is 2.35. The number of carbonyl (C=O) groups excluding carboxylic acids is 2. The summed E-state index contributed by atoms with van der Waals surface area (Å²) in [5.74, 6) is -1.15. The van der Waals surface area contributed by atoms with Crippen LogP contribution in [0, 0.1) is 0 Å². The summed E-state index contributed by atoms with van der Waals surface area (Å²) in [5.41, 5.74) is 2.04. The second kappa shape index (κ2) is 5.18. The van der Waals surface area contributed by atoms with Gasteiger partial charge in [0.2, 0.25) is 0 Å². The van der Waals surface area contributed by atoms with E-state index in [0.717, 1.165) is 6.07 Å². The largest absolute Gasteiger partial charge is 0.417 e. The van der Waals surface area contributed by atoms with Crippen molar-refractivity contribution in [2.75, 3.05) is 5.43 Å². The first-order valence-corrected chi connectivity index (χ1v) is 6.62. The van der Waals surface area contributed by atoms with Gasteiger partial charge >= 0.3 is 6.18 Å². The van der Waals surface area contributed by atoms with Gasteiger partial charge in [-0.2, -0.15) is 18.2 Å². The molecule has 0 bridgehead atoms. The van der Waals surface area contributed by atoms with Gasteiger partial charge in [0.15, 0.2) is 0 Å². The predicted octanol–water partition coefficient (Wildman–Crippen LogP) is 3.50. The number of rotatable bonds is 2. The van der Waals surface area contributed by atoms with Gasteiger partial charge in [0.05, 0.1) is 11.3 Å². The predicted molar refractivity (Wildman–Crippen MR) is 73.0 cm³/mol. The van der Waals surface area contributed by atoms with Gasteiger partial charge in [0.1, 0.15) is 0 Å². The van der Waals surface area contributed by atoms with Crippen molar-refractivity contribution in [2.24, 2.45) is 0 Å². The van der Waals surface area contributed by atoms with Gasteiger partial charge in [0.25, 0.3) is 11.8 Å². The molecule has 1 aromatic carbocycles. The molecule has 0 aliphatic carbocycles. The van der Waals surface area contributed by atoms with E-state index in [9.17, 15) is 22.8 Å². The van der Waals surface area contributed by atoms with E-state index in [1.807, 2.05) is 0 Å². The van der Waals surface area contributed by atoms with Crippen LogP contribution in [0.1, 0.15) is 19.4 Å². The van der Waals surface area contributed by atoms with Gasteiger partial charge in [-0.15, -0.1) is 0 Å². The number of nitrogens with zero attached hydrogens (tertiary/aromatic N) is 1. The number of amides is 2. The molecule has 8 heteroatoms. The lowest BCUT2D eigenvalue weighted by Gasteiger charge is -2.19. The summed E-state index contributed by atoms with van der Waals surface area (Å²) >= 11 is 2.82. The van der Waals surface area contributed by atoms with Crippen molar-refractivity contribution in [3.8, 4) is 0 Å². The zero-order valence-electron chi connectivity index (χ0n) is 11.0. The topological polar surface area (TPSA) is 49.4 Å². The second-order valence-corrected chi connectivity index (χ2v) is 5.35. The summed E-state index contributed by atoms with van der Waals surface area (Å²) in [6, 6.07) is 3.36. The molecule has 2 rings (SSSR count). The average Bonchev–Trinajstić information content (AvgIpc) is 2.57. The molecule has 1 aromatic rings. The highest BCUT2D eigenvalue weighted by atomic mass is 79.9. The van der Waals surface area contributed by atoms with E-state index in [0.29, 0.717) is 5.01 Å². The van der Waals surface area contributed by atoms with E-state index in [2.05, 4.69) is 21.4 Å². The van der Waals surface area contributed by atoms with Crippen LogP contribution < -0.4 is 5.43 Å². The van der Waals surface area contributed by atoms with Crippen LogP contribution in [0.25, 0.3) is 0 Å². The first-order valence-electron chi connectivity index (χ1n) is 5.82. The van der Waals surface area contributed by atoms with Gasteiger partial charge in [-0.25, -0.2) is 0 Å². The highest BCUT2D eigenvalue weighted by molar-refractivity contribution is 9.10. The number of hydrogen-bond donors (Lipinski definition) is 1. The number of anilines is 1. The number of imide groups is 1. The SMILES string of the molecule is CC1=C(C)C(=O)N(Nc2ccc(Br)c(C(F)(F)F)c2)C1=O. The third kappa shape index (κ3) is 2.80. The second-order valence-electron chi connectivity index (χ2n) is 4.50. The van der Waals surface area contributed by atoms with Gasteiger partial charge in [-0.3, -0.25) is 15.0 Å². The van der Waals surface area contributed by atoms with Crippen LogP contribution >= 0.6 is 15.9 Å². The summed E-state index contributed by atoms with van der Waals surface area (Å²) in [6.07, 6.45) is -4.54. The van der Waals surface area contributed by atoms with Crippen LogP contribution in [0.5, 0.6) is 0 Å². The Bertz CT molecular complexity index is 644. The van der Waals surface area contributed by atoms with Gasteiger partial charge in [-0.1, -0.05) is 15.9 Å². The fraction of sp³-hybridized carbons (Fsp3) is 0.231. The zero-order chi connectivity index (χ0) is 15.9. The van der Waals surface area contributed by atoms with Crippen LogP contribution in [0.3, 0.4) is 0 Å². The van der Waals surface area contributed by atoms with Gasteiger partial charge < -0.3 is 0 Å². The Morgan fingerprint density at radius 2 is 1.62 bits per heavy atom. The molecule has 0 saturated carbocycles. The molecule has 1 aliphatic heterocycles. The quantitative estimate of drug-likeness (QED) is 0.819. The number of carbonyl (C=O) groups is 2. The van der Waals surface area contributed by atoms with Crippen LogP contribution in [0.2, 0.25) is 0 Å². The van der Waals surface area contributed by atoms with E-state index < -0.39 is 23.6 Å². The minimum Gasteiger partial charge on any atom is -0.288 e. The molecule has 1 aliphatic rings. The number of hydrogen-bond acceptors (Lipinski definition) is 3. The lowest BCUT2D eigenvalue weighted by atomic mass is 10.2. The Balaban J connectivity index is 2.31. The lowest BCUT2D eigenvalue weighted by molar-refractivity contribution is -0.138. The molecule has 1 heterocycles. The van der Waals surface area contributed by atoms with Gasteiger partial charge in [-0.05, 0) is 32.0 Å². The Morgan fingerprint density at radius 1 is 1.10 bits per heavy atom. The van der Waals surface area contributed by atoms with Crippen LogP contribution in [-0.4, -0.2) is 16.8 Å². The molecule has 21 heavy (non-hydrogen) atoms. The van der Waals surface area contributed by atoms with Crippen molar-refractivity contribution in [1.82, 2.24) is 5.01 Å². The fourth-order valence-corrected chi connectivity index (χ4v) is 2.26. The molecule has 1 N–H and O–H groups in total. The molecule has 0 atom stereocenters. The lowest BCUT2D eigenvalue weighted by Crippen LogP contribution is -2.36. The summed E-state index contributed by atoms with van der Waals surface area (Å²) < 4.78 is 38.3. The van der Waals surface area contributed by atoms with Crippen LogP contribution in [0.15, 0.2) is 33.8 Å². The number of nitrogens with one attached hydrogen (secondary N) is 1. The Hall–Kier alpha value is -1.83. The third-order valence-electron chi connectivity index (χ3n) is 3.12. The molecule has 0 spiro atoms. The maximum Gasteiger partial charge on any atom is 0.417 e. The molecule has 0 saturated heterocycles. The van der Waals surface area contributed by atoms with Crippen LogP contribution in [0.4, 0.5) is 18.9 Å². The van der Waals surface area contributed by atoms with E-state index in [4.69, 9.17) is 0 Å². The number of benzene rings is 1. The summed E-state index contributed by atoms with van der Waals surface area (Å²) in [4.78, 5) is 23.7. The summed E-state index contributed by atoms with van der Waals surface area (Å²) in [6.45, 7) is 2.97. The Labute approximate surface area is 126 Å². The smallest absolute Gasteiger partial charge is 0.288 e. The third-order valence-corrected chi connectivity index (χ3v) is 3.81. The molecule has 2 amide bonds. The minimum absolute atomic E-state index is 0.00488. The van der Waals surface area contributed by atoms with E-state index in [1.54, 1.807) is 0 Å². The molecule has 0 radical (unpaired) electrons. The molecule has 112 valence electrons. The molecular formula is C13H10BrF3N2O2. The highest BCUT2D eigenvalue weighted by Crippen LogP contribution is 2.36. The van der Waals surface area contributed by atoms with Crippen molar-refractivity contribution >= 4 is 33.4 Å². The van der Waals surface area contributed by atoms with E-state index >= 15 is 0 Å². The normalized spacial score (nSPS) is 16.0. The molecular weight excluding hydrogens is 353 g/mol. The van der Waals surface area contributed by atoms with Crippen molar-refractivity contribution in [1.29, 1.82) is 0 Å². The van der Waals surface area contributed by atoms with E-state index in [-0.39, 0.29) is 21.3 Å². The molecule has 0 unspecified atom stereocenters. The maximum atomic E-state index is 12.8. The van der Waals surface area contributed by atoms with Crippen LogP contribution in [-0.2, 0) is 15.8 Å². The first kappa shape index (κ1) is 15.6. The van der Waals surface area contributed by atoms with Crippen molar-refractivity contribution in [2.45, 2.75) is 20.0 Å². The van der Waals surface area contributed by atoms with E-state index in [1.165, 1.54) is 26.0 Å². The Morgan fingerprint density at radius 3 is 2.10 bits per heavy atom. The summed E-state index contributed by atoms with van der Waals surface area (Å²) in [7, 11) is 0. The van der Waals surface area contributed by atoms with Crippen molar-refractivity contribution in [3.05, 3.63) is 39.4 Å². The summed E-state index contributed by atoms with van der Waals surface area (Å²) in [5, 5.41) is 0.702. The fourth-order valence-electron chi connectivity index (χ4n) is 1.79. The molecule has 0 fully saturated rings. The van der Waals surface area contributed by atoms with Crippen molar-refractivity contribution in [3.63, 3.8) is 0 Å². The first-order chi connectivity index (χ1) is 9.62. The average molecular weight is 363 g/mol. The number of halogens is 4. The maximum absolute atomic E-state index is 12.8. The van der Waals surface area contributed by atoms with Crippen molar-refractivity contribution < 1.29 is 22.8 Å². The molecule has 0 aromatic heterocycles. The van der Waals surface area contributed by atoms with Gasteiger partial charge in [0, 0.05) is 15.6 Å². The zero-order valence-corrected chi connectivity index (χ0v) is 12.6. The minimum atomic E-state index is -4.54. The molecule has 4 nitrogen and oxygen atoms in total.